The summed E-state index contributed by atoms with van der Waals surface area (Å²) >= 11 is 0. The van der Waals surface area contributed by atoms with Gasteiger partial charge in [0.2, 0.25) is 5.91 Å². The highest BCUT2D eigenvalue weighted by molar-refractivity contribution is 5.79. The van der Waals surface area contributed by atoms with Crippen LogP contribution in [-0.2, 0) is 17.6 Å². The summed E-state index contributed by atoms with van der Waals surface area (Å²) in [5.74, 6) is 2.03. The fourth-order valence-electron chi connectivity index (χ4n) is 3.81. The Kier molecular flexibility index (Phi) is 5.01. The van der Waals surface area contributed by atoms with Crippen molar-refractivity contribution in [2.45, 2.75) is 38.6 Å². The summed E-state index contributed by atoms with van der Waals surface area (Å²) in [5, 5.41) is 0. The van der Waals surface area contributed by atoms with Crippen LogP contribution in [0.1, 0.15) is 42.9 Å². The molecule has 1 fully saturated rings. The minimum Gasteiger partial charge on any atom is -0.334 e. The molecule has 1 saturated heterocycles. The Labute approximate surface area is 159 Å². The number of hydrogen-bond acceptors (Lipinski definition) is 3. The number of carbonyl (C=O) groups is 1. The van der Waals surface area contributed by atoms with E-state index < -0.39 is 0 Å². The van der Waals surface area contributed by atoms with Crippen molar-refractivity contribution >= 4 is 5.91 Å². The van der Waals surface area contributed by atoms with Gasteiger partial charge in [-0.05, 0) is 30.5 Å². The van der Waals surface area contributed by atoms with E-state index in [1.165, 1.54) is 0 Å². The third-order valence-electron chi connectivity index (χ3n) is 5.15. The molecule has 5 heteroatoms. The van der Waals surface area contributed by atoms with Gasteiger partial charge in [0.1, 0.15) is 11.6 Å². The molecule has 3 heterocycles. The summed E-state index contributed by atoms with van der Waals surface area (Å²) in [6.07, 6.45) is 7.02. The monoisotopic (exact) mass is 360 g/mol. The summed E-state index contributed by atoms with van der Waals surface area (Å²) in [6, 6.07) is 16.0. The van der Waals surface area contributed by atoms with E-state index in [2.05, 4.69) is 11.9 Å². The molecule has 1 aliphatic rings. The molecule has 4 rings (SSSR count). The second-order valence-electron chi connectivity index (χ2n) is 6.90. The highest BCUT2D eigenvalue weighted by Crippen LogP contribution is 2.31. The molecule has 0 radical (unpaired) electrons. The van der Waals surface area contributed by atoms with Crippen molar-refractivity contribution in [2.24, 2.45) is 0 Å². The van der Waals surface area contributed by atoms with Crippen LogP contribution in [0.15, 0.2) is 60.9 Å². The Morgan fingerprint density at radius 3 is 2.81 bits per heavy atom. The number of benzene rings is 1. The average molecular weight is 360 g/mol. The molecule has 1 aliphatic heterocycles. The minimum atomic E-state index is 0.0507. The van der Waals surface area contributed by atoms with E-state index in [1.54, 1.807) is 6.20 Å². The van der Waals surface area contributed by atoms with Crippen molar-refractivity contribution in [3.8, 4) is 5.82 Å². The zero-order chi connectivity index (χ0) is 18.6. The first-order valence-corrected chi connectivity index (χ1v) is 9.59. The molecule has 0 aliphatic carbocycles. The van der Waals surface area contributed by atoms with E-state index in [-0.39, 0.29) is 11.9 Å². The second kappa shape index (κ2) is 7.74. The predicted octanol–water partition coefficient (Wildman–Crippen LogP) is 3.74. The Hall–Kier alpha value is -2.95. The number of likely N-dealkylation sites (tertiary alicyclic amines) is 1. The van der Waals surface area contributed by atoms with Gasteiger partial charge in [0.05, 0.1) is 18.2 Å². The fourth-order valence-corrected chi connectivity index (χ4v) is 3.81. The first-order chi connectivity index (χ1) is 13.3. The highest BCUT2D eigenvalue weighted by atomic mass is 16.2. The fraction of sp³-hybridized carbons (Fsp3) is 0.318. The lowest BCUT2D eigenvalue weighted by molar-refractivity contribution is -0.131. The number of imidazole rings is 1. The molecular weight excluding hydrogens is 336 g/mol. The maximum Gasteiger partial charge on any atom is 0.227 e. The molecule has 0 saturated carbocycles. The third-order valence-corrected chi connectivity index (χ3v) is 5.15. The largest absolute Gasteiger partial charge is 0.334 e. The van der Waals surface area contributed by atoms with Gasteiger partial charge in [-0.15, -0.1) is 0 Å². The van der Waals surface area contributed by atoms with Crippen LogP contribution in [0.5, 0.6) is 0 Å². The van der Waals surface area contributed by atoms with Crippen molar-refractivity contribution < 1.29 is 4.79 Å². The van der Waals surface area contributed by atoms with Crippen molar-refractivity contribution in [3.05, 3.63) is 78.0 Å². The van der Waals surface area contributed by atoms with Crippen LogP contribution in [0.4, 0.5) is 0 Å². The molecule has 3 aromatic rings. The molecule has 0 spiro atoms. The van der Waals surface area contributed by atoms with Gasteiger partial charge in [-0.3, -0.25) is 9.36 Å². The summed E-state index contributed by atoms with van der Waals surface area (Å²) < 4.78 is 2.02. The third kappa shape index (κ3) is 3.63. The maximum atomic E-state index is 12.9. The van der Waals surface area contributed by atoms with Gasteiger partial charge in [-0.25, -0.2) is 9.97 Å². The Bertz CT molecular complexity index is 919. The van der Waals surface area contributed by atoms with Crippen molar-refractivity contribution in [3.63, 3.8) is 0 Å². The molecule has 2 aromatic heterocycles. The summed E-state index contributed by atoms with van der Waals surface area (Å²) in [4.78, 5) is 24.2. The molecule has 0 bridgehead atoms. The van der Waals surface area contributed by atoms with Gasteiger partial charge >= 0.3 is 0 Å². The number of amides is 1. The Balaban J connectivity index is 1.57. The van der Waals surface area contributed by atoms with Crippen molar-refractivity contribution in [2.75, 3.05) is 6.54 Å². The summed E-state index contributed by atoms with van der Waals surface area (Å²) in [5.41, 5.74) is 2.02. The first-order valence-electron chi connectivity index (χ1n) is 9.59. The van der Waals surface area contributed by atoms with Gasteiger partial charge in [0.15, 0.2) is 0 Å². The zero-order valence-corrected chi connectivity index (χ0v) is 15.6. The summed E-state index contributed by atoms with van der Waals surface area (Å²) in [6.45, 7) is 2.89. The molecule has 1 atom stereocenters. The van der Waals surface area contributed by atoms with E-state index in [9.17, 15) is 4.79 Å². The standard InChI is InChI=1S/C22H24N4O/c1-2-20-23-13-15-26(20)21-12-6-10-18(24-21)19-11-7-14-25(19)22(27)16-17-8-4-3-5-9-17/h3-6,8-10,12-13,15,19H,2,7,11,14,16H2,1H3/t19-/m1/s1. The molecule has 1 amide bonds. The lowest BCUT2D eigenvalue weighted by Crippen LogP contribution is -2.32. The molecular formula is C22H24N4O. The normalized spacial score (nSPS) is 16.6. The van der Waals surface area contributed by atoms with Crippen LogP contribution in [0.3, 0.4) is 0 Å². The Morgan fingerprint density at radius 1 is 1.15 bits per heavy atom. The van der Waals surface area contributed by atoms with Crippen molar-refractivity contribution in [1.29, 1.82) is 0 Å². The minimum absolute atomic E-state index is 0.0507. The number of aryl methyl sites for hydroxylation is 1. The second-order valence-corrected chi connectivity index (χ2v) is 6.90. The number of nitrogens with zero attached hydrogens (tertiary/aromatic N) is 4. The van der Waals surface area contributed by atoms with Gasteiger partial charge in [-0.1, -0.05) is 43.3 Å². The molecule has 5 nitrogen and oxygen atoms in total. The molecule has 0 N–H and O–H groups in total. The number of hydrogen-bond donors (Lipinski definition) is 0. The zero-order valence-electron chi connectivity index (χ0n) is 15.6. The van der Waals surface area contributed by atoms with E-state index in [4.69, 9.17) is 4.98 Å². The number of pyridine rings is 1. The van der Waals surface area contributed by atoms with E-state index in [1.807, 2.05) is 64.2 Å². The molecule has 1 aromatic carbocycles. The molecule has 0 unspecified atom stereocenters. The van der Waals surface area contributed by atoms with E-state index in [0.29, 0.717) is 6.42 Å². The lowest BCUT2D eigenvalue weighted by Gasteiger charge is -2.25. The maximum absolute atomic E-state index is 12.9. The molecule has 138 valence electrons. The van der Waals surface area contributed by atoms with Gasteiger partial charge in [-0.2, -0.15) is 0 Å². The topological polar surface area (TPSA) is 51.0 Å². The van der Waals surface area contributed by atoms with Crippen LogP contribution in [-0.4, -0.2) is 31.9 Å². The van der Waals surface area contributed by atoms with Crippen LogP contribution in [0.25, 0.3) is 5.82 Å². The predicted molar refractivity (Wildman–Crippen MR) is 105 cm³/mol. The summed E-state index contributed by atoms with van der Waals surface area (Å²) in [7, 11) is 0. The SMILES string of the molecule is CCc1nccn1-c1cccc([C@H]2CCCN2C(=O)Cc2ccccc2)n1. The smallest absolute Gasteiger partial charge is 0.227 e. The van der Waals surface area contributed by atoms with Crippen molar-refractivity contribution in [1.82, 2.24) is 19.4 Å². The van der Waals surface area contributed by atoms with Crippen LogP contribution in [0.2, 0.25) is 0 Å². The average Bonchev–Trinajstić information content (AvgIpc) is 3.38. The van der Waals surface area contributed by atoms with Crippen LogP contribution < -0.4 is 0 Å². The van der Waals surface area contributed by atoms with Gasteiger partial charge < -0.3 is 4.90 Å². The first kappa shape index (κ1) is 17.5. The number of rotatable bonds is 5. The van der Waals surface area contributed by atoms with Gasteiger partial charge in [0.25, 0.3) is 0 Å². The van der Waals surface area contributed by atoms with Gasteiger partial charge in [0, 0.05) is 25.4 Å². The number of carbonyl (C=O) groups excluding carboxylic acids is 1. The lowest BCUT2D eigenvalue weighted by atomic mass is 10.1. The van der Waals surface area contributed by atoms with Crippen LogP contribution in [0, 0.1) is 0 Å². The van der Waals surface area contributed by atoms with E-state index in [0.717, 1.165) is 48.7 Å². The molecule has 27 heavy (non-hydrogen) atoms. The highest BCUT2D eigenvalue weighted by Gasteiger charge is 2.31. The van der Waals surface area contributed by atoms with Crippen LogP contribution >= 0.6 is 0 Å². The Morgan fingerprint density at radius 2 is 2.00 bits per heavy atom. The number of aromatic nitrogens is 3. The van der Waals surface area contributed by atoms with E-state index >= 15 is 0 Å². The quantitative estimate of drug-likeness (QED) is 0.696.